The molecule has 0 aliphatic carbocycles. The summed E-state index contributed by atoms with van der Waals surface area (Å²) in [5.74, 6) is 0.669. The number of benzene rings is 1. The van der Waals surface area contributed by atoms with Gasteiger partial charge in [0.05, 0.1) is 5.69 Å². The summed E-state index contributed by atoms with van der Waals surface area (Å²) in [4.78, 5) is 11.9. The molecule has 104 valence electrons. The number of carbonyl (C=O) groups is 1. The van der Waals surface area contributed by atoms with E-state index in [-0.39, 0.29) is 11.7 Å². The van der Waals surface area contributed by atoms with Gasteiger partial charge in [-0.1, -0.05) is 6.07 Å². The molecule has 1 aromatic carbocycles. The second-order valence-corrected chi connectivity index (χ2v) is 5.16. The molecule has 1 amide bonds. The van der Waals surface area contributed by atoms with E-state index in [0.717, 1.165) is 38.0 Å². The quantitative estimate of drug-likeness (QED) is 0.821. The van der Waals surface area contributed by atoms with E-state index < -0.39 is 0 Å². The molecule has 0 atom stereocenters. The molecule has 4 nitrogen and oxygen atoms in total. The fraction of sp³-hybridized carbons (Fsp3) is 0.533. The minimum atomic E-state index is -0.0348. The largest absolute Gasteiger partial charge is 0.506 e. The lowest BCUT2D eigenvalue weighted by atomic mass is 9.95. The molecule has 1 heterocycles. The third-order valence-corrected chi connectivity index (χ3v) is 3.55. The van der Waals surface area contributed by atoms with Crippen molar-refractivity contribution in [2.75, 3.05) is 18.5 Å². The SMILES string of the molecule is Cc1ccc(O)c(NC(=O)CCC2CCOCC2)c1. The zero-order chi connectivity index (χ0) is 13.7. The van der Waals surface area contributed by atoms with Crippen LogP contribution < -0.4 is 5.32 Å². The minimum Gasteiger partial charge on any atom is -0.506 e. The van der Waals surface area contributed by atoms with Crippen LogP contribution in [0.15, 0.2) is 18.2 Å². The number of ether oxygens (including phenoxy) is 1. The first-order valence-electron chi connectivity index (χ1n) is 6.82. The van der Waals surface area contributed by atoms with E-state index in [1.165, 1.54) is 0 Å². The third-order valence-electron chi connectivity index (χ3n) is 3.55. The molecule has 2 rings (SSSR count). The summed E-state index contributed by atoms with van der Waals surface area (Å²) >= 11 is 0. The molecule has 19 heavy (non-hydrogen) atoms. The average Bonchev–Trinajstić information content (AvgIpc) is 2.42. The lowest BCUT2D eigenvalue weighted by Crippen LogP contribution is -2.18. The van der Waals surface area contributed by atoms with Crippen LogP contribution >= 0.6 is 0 Å². The van der Waals surface area contributed by atoms with E-state index in [0.29, 0.717) is 18.0 Å². The van der Waals surface area contributed by atoms with Crippen molar-refractivity contribution >= 4 is 11.6 Å². The first-order chi connectivity index (χ1) is 9.15. The van der Waals surface area contributed by atoms with Gasteiger partial charge < -0.3 is 15.2 Å². The van der Waals surface area contributed by atoms with E-state index in [2.05, 4.69) is 5.32 Å². The van der Waals surface area contributed by atoms with Gasteiger partial charge in [0.2, 0.25) is 5.91 Å². The lowest BCUT2D eigenvalue weighted by molar-refractivity contribution is -0.116. The van der Waals surface area contributed by atoms with E-state index in [1.807, 2.05) is 13.0 Å². The number of nitrogens with one attached hydrogen (secondary N) is 1. The minimum absolute atomic E-state index is 0.0348. The van der Waals surface area contributed by atoms with Gasteiger partial charge >= 0.3 is 0 Å². The van der Waals surface area contributed by atoms with Gasteiger partial charge in [0.1, 0.15) is 5.75 Å². The Morgan fingerprint density at radius 3 is 2.89 bits per heavy atom. The molecule has 0 saturated carbocycles. The fourth-order valence-electron chi connectivity index (χ4n) is 2.33. The molecular formula is C15H21NO3. The van der Waals surface area contributed by atoms with Crippen molar-refractivity contribution in [3.63, 3.8) is 0 Å². The number of hydrogen-bond donors (Lipinski definition) is 2. The second kappa shape index (κ2) is 6.57. The second-order valence-electron chi connectivity index (χ2n) is 5.16. The van der Waals surface area contributed by atoms with E-state index in [9.17, 15) is 9.90 Å². The Balaban J connectivity index is 1.81. The first-order valence-corrected chi connectivity index (χ1v) is 6.82. The summed E-state index contributed by atoms with van der Waals surface area (Å²) in [5, 5.41) is 12.4. The van der Waals surface area contributed by atoms with Gasteiger partial charge in [-0.25, -0.2) is 0 Å². The van der Waals surface area contributed by atoms with Crippen LogP contribution in [-0.2, 0) is 9.53 Å². The monoisotopic (exact) mass is 263 g/mol. The number of carbonyl (C=O) groups excluding carboxylic acids is 1. The number of rotatable bonds is 4. The van der Waals surface area contributed by atoms with Gasteiger partial charge in [-0.15, -0.1) is 0 Å². The topological polar surface area (TPSA) is 58.6 Å². The molecule has 0 unspecified atom stereocenters. The van der Waals surface area contributed by atoms with Crippen LogP contribution in [0.2, 0.25) is 0 Å². The number of aromatic hydroxyl groups is 1. The van der Waals surface area contributed by atoms with Crippen LogP contribution in [0.1, 0.15) is 31.2 Å². The van der Waals surface area contributed by atoms with Gasteiger partial charge in [0, 0.05) is 19.6 Å². The molecule has 2 N–H and O–H groups in total. The summed E-state index contributed by atoms with van der Waals surface area (Å²) in [7, 11) is 0. The highest BCUT2D eigenvalue weighted by atomic mass is 16.5. The van der Waals surface area contributed by atoms with Gasteiger partial charge in [-0.05, 0) is 49.8 Å². The number of phenols is 1. The molecule has 1 aromatic rings. The Hall–Kier alpha value is -1.55. The molecular weight excluding hydrogens is 242 g/mol. The van der Waals surface area contributed by atoms with Crippen molar-refractivity contribution in [2.45, 2.75) is 32.6 Å². The van der Waals surface area contributed by atoms with Crippen LogP contribution in [0.5, 0.6) is 5.75 Å². The van der Waals surface area contributed by atoms with Crippen LogP contribution in [-0.4, -0.2) is 24.2 Å². The molecule has 1 fully saturated rings. The van der Waals surface area contributed by atoms with Crippen molar-refractivity contribution < 1.29 is 14.6 Å². The Kier molecular flexibility index (Phi) is 4.80. The van der Waals surface area contributed by atoms with Gasteiger partial charge in [0.25, 0.3) is 0 Å². The molecule has 0 spiro atoms. The third kappa shape index (κ3) is 4.24. The maximum absolute atomic E-state index is 11.9. The van der Waals surface area contributed by atoms with Crippen LogP contribution in [0.4, 0.5) is 5.69 Å². The number of hydrogen-bond acceptors (Lipinski definition) is 3. The van der Waals surface area contributed by atoms with E-state index >= 15 is 0 Å². The van der Waals surface area contributed by atoms with Crippen molar-refractivity contribution in [2.24, 2.45) is 5.92 Å². The van der Waals surface area contributed by atoms with Crippen LogP contribution in [0.25, 0.3) is 0 Å². The summed E-state index contributed by atoms with van der Waals surface area (Å²) < 4.78 is 5.30. The Labute approximate surface area is 113 Å². The standard InChI is InChI=1S/C15H21NO3/c1-11-2-4-14(17)13(10-11)16-15(18)5-3-12-6-8-19-9-7-12/h2,4,10,12,17H,3,5-9H2,1H3,(H,16,18). The predicted octanol–water partition coefficient (Wildman–Crippen LogP) is 2.85. The fourth-order valence-corrected chi connectivity index (χ4v) is 2.33. The molecule has 1 aliphatic rings. The van der Waals surface area contributed by atoms with Gasteiger partial charge in [-0.2, -0.15) is 0 Å². The highest BCUT2D eigenvalue weighted by molar-refractivity contribution is 5.92. The highest BCUT2D eigenvalue weighted by Gasteiger charge is 2.15. The van der Waals surface area contributed by atoms with Crippen molar-refractivity contribution in [1.29, 1.82) is 0 Å². The Bertz CT molecular complexity index is 439. The molecule has 0 aromatic heterocycles. The summed E-state index contributed by atoms with van der Waals surface area (Å²) in [5.41, 5.74) is 1.51. The predicted molar refractivity (Wildman–Crippen MR) is 74.3 cm³/mol. The molecule has 1 aliphatic heterocycles. The normalized spacial score (nSPS) is 16.3. The van der Waals surface area contributed by atoms with Crippen molar-refractivity contribution in [3.8, 4) is 5.75 Å². The molecule has 0 bridgehead atoms. The molecule has 0 radical (unpaired) electrons. The Morgan fingerprint density at radius 1 is 1.42 bits per heavy atom. The van der Waals surface area contributed by atoms with E-state index in [4.69, 9.17) is 4.74 Å². The first kappa shape index (κ1) is 13.9. The van der Waals surface area contributed by atoms with E-state index in [1.54, 1.807) is 12.1 Å². The van der Waals surface area contributed by atoms with Crippen LogP contribution in [0.3, 0.4) is 0 Å². The summed E-state index contributed by atoms with van der Waals surface area (Å²) in [6.45, 7) is 3.55. The summed E-state index contributed by atoms with van der Waals surface area (Å²) in [6, 6.07) is 5.19. The number of aryl methyl sites for hydroxylation is 1. The maximum Gasteiger partial charge on any atom is 0.224 e. The zero-order valence-corrected chi connectivity index (χ0v) is 11.3. The summed E-state index contributed by atoms with van der Waals surface area (Å²) in [6.07, 6.45) is 3.48. The average molecular weight is 263 g/mol. The van der Waals surface area contributed by atoms with Crippen molar-refractivity contribution in [3.05, 3.63) is 23.8 Å². The zero-order valence-electron chi connectivity index (χ0n) is 11.3. The Morgan fingerprint density at radius 2 is 2.16 bits per heavy atom. The molecule has 1 saturated heterocycles. The lowest BCUT2D eigenvalue weighted by Gasteiger charge is -2.21. The number of amides is 1. The van der Waals surface area contributed by atoms with Gasteiger partial charge in [0.15, 0.2) is 0 Å². The number of anilines is 1. The molecule has 4 heteroatoms. The van der Waals surface area contributed by atoms with Crippen LogP contribution in [0, 0.1) is 12.8 Å². The highest BCUT2D eigenvalue weighted by Crippen LogP contribution is 2.25. The van der Waals surface area contributed by atoms with Gasteiger partial charge in [-0.3, -0.25) is 4.79 Å². The number of phenolic OH excluding ortho intramolecular Hbond substituents is 1. The van der Waals surface area contributed by atoms with Crippen molar-refractivity contribution in [1.82, 2.24) is 0 Å². The smallest absolute Gasteiger partial charge is 0.224 e. The maximum atomic E-state index is 11.9.